The third kappa shape index (κ3) is 6.98. The normalized spacial score (nSPS) is 17.8. The summed E-state index contributed by atoms with van der Waals surface area (Å²) in [7, 11) is 1.23. The summed E-state index contributed by atoms with van der Waals surface area (Å²) in [5.74, 6) is -2.92. The number of nitro benzene ring substituents is 1. The van der Waals surface area contributed by atoms with Gasteiger partial charge in [0.05, 0.1) is 29.6 Å². The molecule has 2 heterocycles. The molecule has 1 saturated heterocycles. The van der Waals surface area contributed by atoms with Crippen LogP contribution in [-0.2, 0) is 19.1 Å². The van der Waals surface area contributed by atoms with Crippen LogP contribution in [0.5, 0.6) is 0 Å². The number of amides is 2. The molecule has 1 unspecified atom stereocenters. The van der Waals surface area contributed by atoms with Crippen molar-refractivity contribution in [1.29, 1.82) is 0 Å². The Balaban J connectivity index is 1.50. The van der Waals surface area contributed by atoms with Crippen LogP contribution in [0.3, 0.4) is 0 Å². The molecule has 0 aliphatic carbocycles. The fourth-order valence-electron chi connectivity index (χ4n) is 7.30. The second kappa shape index (κ2) is 14.9. The molecule has 3 aromatic carbocycles. The number of carbonyl (C=O) groups excluding carboxylic acids is 3. The SMILES string of the molecule is COC(=O)C1=C(C)N(C(C(=O)N2CCN(C(c3ccccc3)c3ccccc3)CC2)C(C)C)C(C)=C(C(N)=O)[C@@H]1c1cccc([N+](=O)[O-])c1. The van der Waals surface area contributed by atoms with Crippen molar-refractivity contribution in [3.63, 3.8) is 0 Å². The van der Waals surface area contributed by atoms with E-state index in [4.69, 9.17) is 10.5 Å². The van der Waals surface area contributed by atoms with Gasteiger partial charge in [0.25, 0.3) is 5.69 Å². The van der Waals surface area contributed by atoms with E-state index in [1.54, 1.807) is 24.8 Å². The first-order valence-electron chi connectivity index (χ1n) is 16.4. The molecule has 2 amide bonds. The lowest BCUT2D eigenvalue weighted by Crippen LogP contribution is -2.57. The van der Waals surface area contributed by atoms with Crippen LogP contribution in [-0.4, -0.2) is 76.7 Å². The van der Waals surface area contributed by atoms with Crippen molar-refractivity contribution in [3.05, 3.63) is 134 Å². The van der Waals surface area contributed by atoms with Crippen LogP contribution < -0.4 is 5.73 Å². The molecule has 49 heavy (non-hydrogen) atoms. The fourth-order valence-corrected chi connectivity index (χ4v) is 7.30. The summed E-state index contributed by atoms with van der Waals surface area (Å²) in [6.45, 7) is 9.52. The molecule has 2 atom stereocenters. The summed E-state index contributed by atoms with van der Waals surface area (Å²) >= 11 is 0. The molecule has 0 saturated carbocycles. The Morgan fingerprint density at radius 3 is 1.88 bits per heavy atom. The average Bonchev–Trinajstić information content (AvgIpc) is 3.10. The molecule has 11 nitrogen and oxygen atoms in total. The average molecular weight is 666 g/mol. The number of carbonyl (C=O) groups is 3. The highest BCUT2D eigenvalue weighted by Crippen LogP contribution is 2.44. The van der Waals surface area contributed by atoms with Crippen LogP contribution in [0, 0.1) is 16.0 Å². The number of esters is 1. The molecule has 0 bridgehead atoms. The lowest BCUT2D eigenvalue weighted by Gasteiger charge is -2.46. The molecule has 256 valence electrons. The zero-order valence-corrected chi connectivity index (χ0v) is 28.5. The van der Waals surface area contributed by atoms with Crippen molar-refractivity contribution in [3.8, 4) is 0 Å². The smallest absolute Gasteiger partial charge is 0.336 e. The highest BCUT2D eigenvalue weighted by atomic mass is 16.6. The fraction of sp³-hybridized carbons (Fsp3) is 0.342. The van der Waals surface area contributed by atoms with Gasteiger partial charge in [-0.25, -0.2) is 4.79 Å². The topological polar surface area (TPSA) is 139 Å². The third-order valence-corrected chi connectivity index (χ3v) is 9.55. The molecule has 2 N–H and O–H groups in total. The summed E-state index contributed by atoms with van der Waals surface area (Å²) in [4.78, 5) is 58.3. The second-order valence-electron chi connectivity index (χ2n) is 12.8. The van der Waals surface area contributed by atoms with Crippen LogP contribution in [0.4, 0.5) is 5.69 Å². The number of methoxy groups -OCH3 is 1. The molecule has 1 fully saturated rings. The largest absolute Gasteiger partial charge is 0.466 e. The van der Waals surface area contributed by atoms with Gasteiger partial charge in [0.1, 0.15) is 6.04 Å². The van der Waals surface area contributed by atoms with E-state index in [0.717, 1.165) is 0 Å². The number of rotatable bonds is 10. The van der Waals surface area contributed by atoms with Gasteiger partial charge in [-0.2, -0.15) is 0 Å². The van der Waals surface area contributed by atoms with Crippen molar-refractivity contribution in [2.75, 3.05) is 33.3 Å². The van der Waals surface area contributed by atoms with Crippen molar-refractivity contribution < 1.29 is 24.0 Å². The second-order valence-corrected chi connectivity index (χ2v) is 12.8. The summed E-state index contributed by atoms with van der Waals surface area (Å²) in [5, 5.41) is 11.6. The summed E-state index contributed by atoms with van der Waals surface area (Å²) < 4.78 is 5.19. The quantitative estimate of drug-likeness (QED) is 0.178. The summed E-state index contributed by atoms with van der Waals surface area (Å²) in [6.07, 6.45) is 0. The minimum atomic E-state index is -1.03. The summed E-state index contributed by atoms with van der Waals surface area (Å²) in [6, 6.07) is 25.7. The lowest BCUT2D eigenvalue weighted by atomic mass is 9.78. The number of piperazine rings is 1. The number of ether oxygens (including phenoxy) is 1. The first-order valence-corrected chi connectivity index (χ1v) is 16.4. The highest BCUT2D eigenvalue weighted by molar-refractivity contribution is 6.01. The molecule has 0 radical (unpaired) electrons. The van der Waals surface area contributed by atoms with Gasteiger partial charge in [0.2, 0.25) is 11.8 Å². The standard InChI is InChI=1S/C38H43N5O6/c1-24(2)34(37(45)41-21-19-40(20-22-41)35(27-13-8-6-9-14-27)28-15-10-7-11-16-28)42-25(3)31(36(39)44)33(32(26(42)4)38(46)49-5)29-17-12-18-30(23-29)43(47)48/h6-18,23-24,33-35H,19-22H2,1-5H3,(H2,39,44)/t33-,34?/m0/s1. The number of benzene rings is 3. The Hall–Kier alpha value is -5.29. The first-order chi connectivity index (χ1) is 23.5. The number of nitrogens with two attached hydrogens (primary N) is 1. The van der Waals surface area contributed by atoms with Crippen LogP contribution >= 0.6 is 0 Å². The predicted octanol–water partition coefficient (Wildman–Crippen LogP) is 5.16. The molecular weight excluding hydrogens is 622 g/mol. The van der Waals surface area contributed by atoms with Crippen LogP contribution in [0.25, 0.3) is 0 Å². The van der Waals surface area contributed by atoms with Gasteiger partial charge in [-0.05, 0) is 36.5 Å². The maximum absolute atomic E-state index is 14.6. The number of hydrogen-bond acceptors (Lipinski definition) is 8. The predicted molar refractivity (Wildman–Crippen MR) is 186 cm³/mol. The molecular formula is C38H43N5O6. The number of hydrogen-bond donors (Lipinski definition) is 1. The molecule has 3 aromatic rings. The van der Waals surface area contributed by atoms with Crippen LogP contribution in [0.1, 0.15) is 56.3 Å². The van der Waals surface area contributed by atoms with Crippen molar-refractivity contribution >= 4 is 23.5 Å². The highest BCUT2D eigenvalue weighted by Gasteiger charge is 2.44. The van der Waals surface area contributed by atoms with E-state index < -0.39 is 28.8 Å². The van der Waals surface area contributed by atoms with E-state index in [1.165, 1.54) is 36.4 Å². The number of primary amides is 1. The maximum Gasteiger partial charge on any atom is 0.336 e. The Bertz CT molecular complexity index is 1740. The van der Waals surface area contributed by atoms with Gasteiger partial charge in [-0.3, -0.25) is 24.6 Å². The van der Waals surface area contributed by atoms with Gasteiger partial charge in [0, 0.05) is 55.3 Å². The van der Waals surface area contributed by atoms with E-state index in [0.29, 0.717) is 43.1 Å². The molecule has 2 aliphatic heterocycles. The third-order valence-electron chi connectivity index (χ3n) is 9.55. The van der Waals surface area contributed by atoms with Crippen molar-refractivity contribution in [2.24, 2.45) is 11.7 Å². The lowest BCUT2D eigenvalue weighted by molar-refractivity contribution is -0.384. The zero-order chi connectivity index (χ0) is 35.4. The van der Waals surface area contributed by atoms with Gasteiger partial charge in [-0.15, -0.1) is 0 Å². The van der Waals surface area contributed by atoms with E-state index in [2.05, 4.69) is 29.2 Å². The Morgan fingerprint density at radius 2 is 1.39 bits per heavy atom. The molecule has 5 rings (SSSR count). The molecule has 0 spiro atoms. The molecule has 2 aliphatic rings. The van der Waals surface area contributed by atoms with Gasteiger partial charge in [-0.1, -0.05) is 86.6 Å². The van der Waals surface area contributed by atoms with Crippen molar-refractivity contribution in [2.45, 2.75) is 45.7 Å². The van der Waals surface area contributed by atoms with E-state index in [1.807, 2.05) is 55.1 Å². The van der Waals surface area contributed by atoms with Crippen LogP contribution in [0.15, 0.2) is 107 Å². The zero-order valence-electron chi connectivity index (χ0n) is 28.5. The summed E-state index contributed by atoms with van der Waals surface area (Å²) in [5.41, 5.74) is 9.50. The number of nitro groups is 1. The molecule has 11 heteroatoms. The van der Waals surface area contributed by atoms with Gasteiger partial charge in [0.15, 0.2) is 0 Å². The van der Waals surface area contributed by atoms with E-state index >= 15 is 0 Å². The maximum atomic E-state index is 14.6. The minimum absolute atomic E-state index is 0.0319. The first kappa shape index (κ1) is 35.0. The van der Waals surface area contributed by atoms with Gasteiger partial charge < -0.3 is 20.3 Å². The minimum Gasteiger partial charge on any atom is -0.466 e. The van der Waals surface area contributed by atoms with Crippen molar-refractivity contribution in [1.82, 2.24) is 14.7 Å². The van der Waals surface area contributed by atoms with Crippen LogP contribution in [0.2, 0.25) is 0 Å². The number of allylic oxidation sites excluding steroid dienone is 2. The Labute approximate surface area is 286 Å². The number of non-ortho nitro benzene ring substituents is 1. The van der Waals surface area contributed by atoms with E-state index in [-0.39, 0.29) is 34.7 Å². The Kier molecular flexibility index (Phi) is 10.6. The molecule has 0 aromatic heterocycles. The van der Waals surface area contributed by atoms with Gasteiger partial charge >= 0.3 is 5.97 Å². The Morgan fingerprint density at radius 1 is 0.837 bits per heavy atom. The monoisotopic (exact) mass is 665 g/mol. The van der Waals surface area contributed by atoms with E-state index in [9.17, 15) is 24.5 Å². The number of nitrogens with zero attached hydrogens (tertiary/aromatic N) is 4.